The number of benzene rings is 1. The Hall–Kier alpha value is -1.26. The largest absolute Gasteiger partial charge is 0.496 e. The van der Waals surface area contributed by atoms with Crippen LogP contribution in [0.25, 0.3) is 10.9 Å². The van der Waals surface area contributed by atoms with E-state index in [1.807, 2.05) is 6.07 Å². The Morgan fingerprint density at radius 2 is 2.20 bits per heavy atom. The topological polar surface area (TPSA) is 35.0 Å². The molecule has 0 fully saturated rings. The summed E-state index contributed by atoms with van der Waals surface area (Å²) in [6.45, 7) is 0. The van der Waals surface area contributed by atoms with Crippen LogP contribution in [0.2, 0.25) is 5.15 Å². The quantitative estimate of drug-likeness (QED) is 0.595. The van der Waals surface area contributed by atoms with Crippen molar-refractivity contribution in [3.63, 3.8) is 0 Å². The summed E-state index contributed by atoms with van der Waals surface area (Å²) in [5.74, 6) is 0.675. The van der Waals surface area contributed by atoms with E-state index in [1.54, 1.807) is 18.5 Å². The predicted octanol–water partition coefficient (Wildman–Crippen LogP) is 2.64. The van der Waals surface area contributed by atoms with E-state index in [1.165, 1.54) is 6.33 Å². The van der Waals surface area contributed by atoms with Gasteiger partial charge in [-0.05, 0) is 12.1 Å². The van der Waals surface area contributed by atoms with Crippen LogP contribution in [0.4, 0.5) is 0 Å². The fourth-order valence-electron chi connectivity index (χ4n) is 1.34. The van der Waals surface area contributed by atoms with Gasteiger partial charge in [-0.15, -0.1) is 0 Å². The lowest BCUT2D eigenvalue weighted by Gasteiger charge is -2.06. The highest BCUT2D eigenvalue weighted by atomic mass is 35.5. The van der Waals surface area contributed by atoms with Crippen molar-refractivity contribution in [2.45, 2.75) is 0 Å². The molecule has 0 N–H and O–H groups in total. The van der Waals surface area contributed by atoms with E-state index in [9.17, 15) is 0 Å². The molecule has 0 aliphatic heterocycles. The van der Waals surface area contributed by atoms with Crippen molar-refractivity contribution in [3.8, 4) is 5.75 Å². The van der Waals surface area contributed by atoms with Crippen molar-refractivity contribution in [1.82, 2.24) is 9.97 Å². The maximum Gasteiger partial charge on any atom is 0.140 e. The minimum Gasteiger partial charge on any atom is -0.496 e. The van der Waals surface area contributed by atoms with Gasteiger partial charge in [-0.25, -0.2) is 9.97 Å². The SMILES string of the molecule is COc1cc2c(Cl)ncnc2cc1C=S. The zero-order valence-corrected chi connectivity index (χ0v) is 9.47. The third-order valence-electron chi connectivity index (χ3n) is 2.07. The van der Waals surface area contributed by atoms with Gasteiger partial charge >= 0.3 is 0 Å². The van der Waals surface area contributed by atoms with Gasteiger partial charge in [-0.1, -0.05) is 23.8 Å². The molecular formula is C10H7ClN2OS. The van der Waals surface area contributed by atoms with Crippen LogP contribution in [0, 0.1) is 0 Å². The van der Waals surface area contributed by atoms with Crippen molar-refractivity contribution in [2.75, 3.05) is 7.11 Å². The zero-order chi connectivity index (χ0) is 10.8. The van der Waals surface area contributed by atoms with Crippen LogP contribution in [0.3, 0.4) is 0 Å². The summed E-state index contributed by atoms with van der Waals surface area (Å²) in [4.78, 5) is 8.01. The summed E-state index contributed by atoms with van der Waals surface area (Å²) in [6, 6.07) is 3.62. The molecule has 2 aromatic rings. The monoisotopic (exact) mass is 238 g/mol. The second-order valence-corrected chi connectivity index (χ2v) is 3.49. The molecule has 0 saturated carbocycles. The fraction of sp³-hybridized carbons (Fsp3) is 0.100. The predicted molar refractivity (Wildman–Crippen MR) is 63.9 cm³/mol. The van der Waals surface area contributed by atoms with E-state index in [0.717, 1.165) is 16.5 Å². The van der Waals surface area contributed by atoms with Crippen LogP contribution in [-0.4, -0.2) is 22.4 Å². The van der Waals surface area contributed by atoms with E-state index < -0.39 is 0 Å². The summed E-state index contributed by atoms with van der Waals surface area (Å²) < 4.78 is 5.19. The molecule has 0 aliphatic carbocycles. The third-order valence-corrected chi connectivity index (χ3v) is 2.62. The highest BCUT2D eigenvalue weighted by molar-refractivity contribution is 7.79. The van der Waals surface area contributed by atoms with E-state index in [2.05, 4.69) is 9.97 Å². The minimum absolute atomic E-state index is 0.411. The van der Waals surface area contributed by atoms with Gasteiger partial charge < -0.3 is 4.74 Å². The molecule has 0 spiro atoms. The fourth-order valence-corrected chi connectivity index (χ4v) is 1.72. The highest BCUT2D eigenvalue weighted by Gasteiger charge is 2.07. The van der Waals surface area contributed by atoms with Crippen LogP contribution in [0.5, 0.6) is 5.75 Å². The smallest absolute Gasteiger partial charge is 0.140 e. The van der Waals surface area contributed by atoms with Gasteiger partial charge in [0.2, 0.25) is 0 Å². The van der Waals surface area contributed by atoms with Gasteiger partial charge in [0.1, 0.15) is 17.2 Å². The Bertz CT molecular complexity index is 530. The van der Waals surface area contributed by atoms with Gasteiger partial charge in [0.25, 0.3) is 0 Å². The first-order valence-corrected chi connectivity index (χ1v) is 5.04. The van der Waals surface area contributed by atoms with Crippen molar-refractivity contribution in [1.29, 1.82) is 0 Å². The first-order chi connectivity index (χ1) is 7.26. The number of fused-ring (bicyclic) bond motifs is 1. The molecule has 0 aliphatic rings. The Balaban J connectivity index is 2.81. The highest BCUT2D eigenvalue weighted by Crippen LogP contribution is 2.27. The molecule has 0 saturated heterocycles. The lowest BCUT2D eigenvalue weighted by molar-refractivity contribution is 0.415. The Morgan fingerprint density at radius 3 is 2.87 bits per heavy atom. The number of nitrogens with zero attached hydrogens (tertiary/aromatic N) is 2. The third kappa shape index (κ3) is 1.78. The van der Waals surface area contributed by atoms with Gasteiger partial charge in [0.15, 0.2) is 0 Å². The Labute approximate surface area is 97.1 Å². The lowest BCUT2D eigenvalue weighted by atomic mass is 10.1. The van der Waals surface area contributed by atoms with E-state index in [4.69, 9.17) is 28.6 Å². The van der Waals surface area contributed by atoms with Crippen LogP contribution in [0.15, 0.2) is 18.5 Å². The number of hydrogen-bond donors (Lipinski definition) is 0. The summed E-state index contributed by atoms with van der Waals surface area (Å²) in [5, 5.41) is 2.72. The summed E-state index contributed by atoms with van der Waals surface area (Å²) in [6.07, 6.45) is 1.42. The molecule has 0 unspecified atom stereocenters. The number of halogens is 1. The van der Waals surface area contributed by atoms with Crippen LogP contribution >= 0.6 is 23.8 Å². The number of ether oxygens (including phenoxy) is 1. The minimum atomic E-state index is 0.411. The van der Waals surface area contributed by atoms with Gasteiger partial charge in [-0.2, -0.15) is 0 Å². The van der Waals surface area contributed by atoms with Crippen molar-refractivity contribution >= 4 is 40.1 Å². The molecule has 76 valence electrons. The molecule has 0 bridgehead atoms. The Morgan fingerprint density at radius 1 is 1.40 bits per heavy atom. The first kappa shape index (κ1) is 10.3. The van der Waals surface area contributed by atoms with E-state index >= 15 is 0 Å². The van der Waals surface area contributed by atoms with Gasteiger partial charge in [0.05, 0.1) is 12.6 Å². The second-order valence-electron chi connectivity index (χ2n) is 2.89. The number of thiocarbonyl (C=S) groups is 1. The van der Waals surface area contributed by atoms with Crippen LogP contribution in [-0.2, 0) is 0 Å². The average molecular weight is 239 g/mol. The summed E-state index contributed by atoms with van der Waals surface area (Å²) in [7, 11) is 1.58. The van der Waals surface area contributed by atoms with Gasteiger partial charge in [-0.3, -0.25) is 0 Å². The zero-order valence-electron chi connectivity index (χ0n) is 7.90. The molecular weight excluding hydrogens is 232 g/mol. The summed E-state index contributed by atoms with van der Waals surface area (Å²) in [5.41, 5.74) is 1.57. The molecule has 5 heteroatoms. The van der Waals surface area contributed by atoms with Crippen LogP contribution in [0.1, 0.15) is 5.56 Å². The van der Waals surface area contributed by atoms with Crippen molar-refractivity contribution in [2.24, 2.45) is 0 Å². The number of aromatic nitrogens is 2. The molecule has 2 rings (SSSR count). The number of hydrogen-bond acceptors (Lipinski definition) is 4. The second kappa shape index (κ2) is 4.08. The molecule has 1 heterocycles. The number of methoxy groups -OCH3 is 1. The Kier molecular flexibility index (Phi) is 2.79. The van der Waals surface area contributed by atoms with Gasteiger partial charge in [0, 0.05) is 16.3 Å². The maximum absolute atomic E-state index is 5.94. The van der Waals surface area contributed by atoms with Crippen LogP contribution < -0.4 is 4.74 Å². The molecule has 0 radical (unpaired) electrons. The maximum atomic E-state index is 5.94. The van der Waals surface area contributed by atoms with Crippen molar-refractivity contribution in [3.05, 3.63) is 29.2 Å². The molecule has 1 aromatic heterocycles. The number of rotatable bonds is 2. The van der Waals surface area contributed by atoms with E-state index in [0.29, 0.717) is 10.9 Å². The molecule has 1 aromatic carbocycles. The normalized spacial score (nSPS) is 10.3. The van der Waals surface area contributed by atoms with Crippen molar-refractivity contribution < 1.29 is 4.74 Å². The van der Waals surface area contributed by atoms with E-state index in [-0.39, 0.29) is 0 Å². The lowest BCUT2D eigenvalue weighted by Crippen LogP contribution is -1.92. The average Bonchev–Trinajstić information content (AvgIpc) is 2.28. The molecule has 0 atom stereocenters. The molecule has 0 amide bonds. The molecule has 15 heavy (non-hydrogen) atoms. The summed E-state index contributed by atoms with van der Waals surface area (Å²) >= 11 is 10.8. The standard InChI is InChI=1S/C10H7ClN2OS/c1-14-9-3-7-8(2-6(9)4-15)12-5-13-10(7)11/h2-5H,1H3. The first-order valence-electron chi connectivity index (χ1n) is 4.19. The molecule has 3 nitrogen and oxygen atoms in total.